The fraction of sp³-hybridized carbons (Fsp3) is 0. The zero-order valence-corrected chi connectivity index (χ0v) is 4.23. The van der Waals surface area contributed by atoms with Crippen LogP contribution in [0.3, 0.4) is 0 Å². The van der Waals surface area contributed by atoms with Crippen LogP contribution in [-0.2, 0) is 51.2 Å². The van der Waals surface area contributed by atoms with Gasteiger partial charge in [0.15, 0.2) is 0 Å². The predicted molar refractivity (Wildman–Crippen MR) is 3.61 cm³/mol. The molecule has 41 valence electrons. The molecule has 0 unspecified atom stereocenters. The Kier molecular flexibility index (Phi) is 296. The Balaban J connectivity index is 0. The molecule has 2 N–H and O–H groups in total. The van der Waals surface area contributed by atoms with Crippen LogP contribution in [-0.4, -0.2) is 5.48 Å². The van der Waals surface area contributed by atoms with Gasteiger partial charge in [0.25, 0.3) is 0 Å². The number of hydrogen-bond acceptors (Lipinski definition) is 0. The van der Waals surface area contributed by atoms with E-state index in [-0.39, 0.29) is 56.7 Å². The third-order valence-corrected chi connectivity index (χ3v) is 0. The standard InChI is InChI=1S/3Cu.H2O/h;;;1H2. The monoisotopic (exact) mass is 207 g/mol. The molecular formula is H2Cu3O. The van der Waals surface area contributed by atoms with Crippen LogP contribution in [0.1, 0.15) is 0 Å². The van der Waals surface area contributed by atoms with E-state index < -0.39 is 0 Å². The fourth-order valence-electron chi connectivity index (χ4n) is 0. The normalized spacial score (nSPS) is 0. The molecule has 0 rings (SSSR count). The summed E-state index contributed by atoms with van der Waals surface area (Å²) in [4.78, 5) is 0. The van der Waals surface area contributed by atoms with E-state index in [0.717, 1.165) is 0 Å². The zero-order chi connectivity index (χ0) is 0. The molecule has 0 heterocycles. The van der Waals surface area contributed by atoms with Crippen molar-refractivity contribution in [2.24, 2.45) is 0 Å². The summed E-state index contributed by atoms with van der Waals surface area (Å²) in [6.45, 7) is 0. The number of hydrogen-bond donors (Lipinski definition) is 0. The maximum atomic E-state index is 0. The third kappa shape index (κ3) is 9.68. The molecular weight excluding hydrogens is 207 g/mol. The summed E-state index contributed by atoms with van der Waals surface area (Å²) in [5, 5.41) is 0. The van der Waals surface area contributed by atoms with E-state index in [1.54, 1.807) is 0 Å². The molecule has 0 spiro atoms. The van der Waals surface area contributed by atoms with Crippen LogP contribution in [0, 0.1) is 0 Å². The van der Waals surface area contributed by atoms with E-state index in [2.05, 4.69) is 0 Å². The number of rotatable bonds is 0. The van der Waals surface area contributed by atoms with Gasteiger partial charge in [-0.05, 0) is 0 Å². The Morgan fingerprint density at radius 2 is 0.500 bits per heavy atom. The van der Waals surface area contributed by atoms with Gasteiger partial charge < -0.3 is 5.48 Å². The maximum Gasteiger partial charge on any atom is 0 e. The summed E-state index contributed by atoms with van der Waals surface area (Å²) < 4.78 is 0. The molecule has 0 aliphatic rings. The van der Waals surface area contributed by atoms with E-state index in [1.807, 2.05) is 0 Å². The molecule has 3 radical (unpaired) electrons. The van der Waals surface area contributed by atoms with Crippen LogP contribution < -0.4 is 0 Å². The smallest absolute Gasteiger partial charge is 0 e. The van der Waals surface area contributed by atoms with Gasteiger partial charge in [-0.2, -0.15) is 0 Å². The van der Waals surface area contributed by atoms with Gasteiger partial charge in [-0.3, -0.25) is 0 Å². The van der Waals surface area contributed by atoms with Crippen molar-refractivity contribution in [3.05, 3.63) is 0 Å². The van der Waals surface area contributed by atoms with Crippen molar-refractivity contribution < 1.29 is 56.7 Å². The van der Waals surface area contributed by atoms with Gasteiger partial charge in [-0.25, -0.2) is 0 Å². The topological polar surface area (TPSA) is 31.5 Å². The summed E-state index contributed by atoms with van der Waals surface area (Å²) in [5.74, 6) is 0. The summed E-state index contributed by atoms with van der Waals surface area (Å²) >= 11 is 0. The van der Waals surface area contributed by atoms with Gasteiger partial charge in [0.05, 0.1) is 0 Å². The Hall–Kier alpha value is 1.52. The second kappa shape index (κ2) is 24.3. The molecule has 0 atom stereocenters. The van der Waals surface area contributed by atoms with E-state index >= 15 is 0 Å². The second-order valence-corrected chi connectivity index (χ2v) is 0. The minimum Gasteiger partial charge on any atom is -0.412 e. The Labute approximate surface area is 56.6 Å². The fourth-order valence-corrected chi connectivity index (χ4v) is 0. The van der Waals surface area contributed by atoms with E-state index in [1.165, 1.54) is 0 Å². The Bertz CT molecular complexity index is 3.25. The third-order valence-electron chi connectivity index (χ3n) is 0. The van der Waals surface area contributed by atoms with Gasteiger partial charge >= 0.3 is 0 Å². The molecule has 0 fully saturated rings. The van der Waals surface area contributed by atoms with Crippen molar-refractivity contribution in [3.8, 4) is 0 Å². The minimum atomic E-state index is 0. The van der Waals surface area contributed by atoms with Crippen molar-refractivity contribution in [3.63, 3.8) is 0 Å². The maximum absolute atomic E-state index is 0. The van der Waals surface area contributed by atoms with E-state index in [4.69, 9.17) is 0 Å². The van der Waals surface area contributed by atoms with Crippen LogP contribution in [0.25, 0.3) is 0 Å². The molecule has 0 saturated carbocycles. The Morgan fingerprint density at radius 3 is 0.500 bits per heavy atom. The molecule has 0 aromatic carbocycles. The van der Waals surface area contributed by atoms with Crippen molar-refractivity contribution in [2.75, 3.05) is 0 Å². The van der Waals surface area contributed by atoms with Gasteiger partial charge in [0, 0.05) is 51.2 Å². The van der Waals surface area contributed by atoms with Crippen LogP contribution >= 0.6 is 0 Å². The molecule has 0 aromatic heterocycles. The molecule has 0 amide bonds. The van der Waals surface area contributed by atoms with Gasteiger partial charge in [-0.15, -0.1) is 0 Å². The van der Waals surface area contributed by atoms with Crippen molar-refractivity contribution in [1.82, 2.24) is 0 Å². The summed E-state index contributed by atoms with van der Waals surface area (Å²) in [6.07, 6.45) is 0. The molecule has 0 aliphatic heterocycles. The summed E-state index contributed by atoms with van der Waals surface area (Å²) in [6, 6.07) is 0. The Morgan fingerprint density at radius 1 is 0.500 bits per heavy atom. The molecule has 0 bridgehead atoms. The van der Waals surface area contributed by atoms with Crippen LogP contribution in [0.2, 0.25) is 0 Å². The van der Waals surface area contributed by atoms with E-state index in [9.17, 15) is 0 Å². The van der Waals surface area contributed by atoms with Gasteiger partial charge in [0.2, 0.25) is 0 Å². The zero-order valence-electron chi connectivity index (χ0n) is 1.40. The quantitative estimate of drug-likeness (QED) is 0.466. The van der Waals surface area contributed by atoms with Crippen molar-refractivity contribution >= 4 is 0 Å². The van der Waals surface area contributed by atoms with Crippen LogP contribution in [0.4, 0.5) is 0 Å². The van der Waals surface area contributed by atoms with Crippen LogP contribution in [0.15, 0.2) is 0 Å². The first-order valence-electron chi connectivity index (χ1n) is 0. The molecule has 0 saturated heterocycles. The first kappa shape index (κ1) is 48.9. The summed E-state index contributed by atoms with van der Waals surface area (Å²) in [5.41, 5.74) is 0. The van der Waals surface area contributed by atoms with Crippen molar-refractivity contribution in [2.45, 2.75) is 0 Å². The first-order valence-corrected chi connectivity index (χ1v) is 0. The SMILES string of the molecule is O.[Cu].[Cu].[Cu]. The molecule has 0 aromatic rings. The van der Waals surface area contributed by atoms with Crippen molar-refractivity contribution in [1.29, 1.82) is 0 Å². The molecule has 1 nitrogen and oxygen atoms in total. The average molecular weight is 209 g/mol. The second-order valence-electron chi connectivity index (χ2n) is 0. The van der Waals surface area contributed by atoms with E-state index in [0.29, 0.717) is 0 Å². The predicted octanol–water partition coefficient (Wildman–Crippen LogP) is -0.832. The van der Waals surface area contributed by atoms with Gasteiger partial charge in [0.1, 0.15) is 0 Å². The molecule has 4 heavy (non-hydrogen) atoms. The first-order chi connectivity index (χ1) is 0. The molecule has 0 aliphatic carbocycles. The minimum absolute atomic E-state index is 0. The average Bonchev–Trinajstić information content (AvgIpc) is 0. The van der Waals surface area contributed by atoms with Crippen LogP contribution in [0.5, 0.6) is 0 Å². The summed E-state index contributed by atoms with van der Waals surface area (Å²) in [7, 11) is 0. The van der Waals surface area contributed by atoms with Gasteiger partial charge in [-0.1, -0.05) is 0 Å². The molecule has 4 heteroatoms. The largest absolute Gasteiger partial charge is 0.412 e.